The van der Waals surface area contributed by atoms with Gasteiger partial charge in [-0.15, -0.1) is 0 Å². The van der Waals surface area contributed by atoms with E-state index in [-0.39, 0.29) is 6.10 Å². The van der Waals surface area contributed by atoms with Gasteiger partial charge in [-0.1, -0.05) is 30.4 Å². The fourth-order valence-electron chi connectivity index (χ4n) is 1.18. The number of benzene rings is 1. The highest BCUT2D eigenvalue weighted by Crippen LogP contribution is 2.29. The van der Waals surface area contributed by atoms with Crippen molar-refractivity contribution in [2.24, 2.45) is 4.99 Å². The van der Waals surface area contributed by atoms with Crippen molar-refractivity contribution >= 4 is 29.7 Å². The van der Waals surface area contributed by atoms with E-state index in [0.29, 0.717) is 0 Å². The van der Waals surface area contributed by atoms with Gasteiger partial charge < -0.3 is 4.74 Å². The molecule has 1 atom stereocenters. The average Bonchev–Trinajstić information content (AvgIpc) is 2.17. The van der Waals surface area contributed by atoms with Crippen molar-refractivity contribution in [2.45, 2.75) is 6.10 Å². The molecule has 0 fully saturated rings. The van der Waals surface area contributed by atoms with Crippen LogP contribution in [0.2, 0.25) is 0 Å². The van der Waals surface area contributed by atoms with Crippen molar-refractivity contribution in [2.75, 3.05) is 0 Å². The van der Waals surface area contributed by atoms with Crippen LogP contribution in [0.5, 0.6) is 0 Å². The second kappa shape index (κ2) is 3.03. The SMILES string of the molecule is S=CC1OC=Nc2ccccc21. The molecule has 0 radical (unpaired) electrons. The van der Waals surface area contributed by atoms with Crippen LogP contribution in [-0.2, 0) is 4.74 Å². The minimum Gasteiger partial charge on any atom is -0.470 e. The Morgan fingerprint density at radius 3 is 3.08 bits per heavy atom. The highest BCUT2D eigenvalue weighted by molar-refractivity contribution is 7.79. The summed E-state index contributed by atoms with van der Waals surface area (Å²) in [6.07, 6.45) is 1.32. The van der Waals surface area contributed by atoms with Gasteiger partial charge in [0.15, 0.2) is 12.5 Å². The van der Waals surface area contributed by atoms with E-state index in [9.17, 15) is 0 Å². The first-order valence-corrected chi connectivity index (χ1v) is 4.11. The number of fused-ring (bicyclic) bond motifs is 1. The zero-order chi connectivity index (χ0) is 8.39. The number of ether oxygens (including phenoxy) is 1. The molecule has 60 valence electrons. The summed E-state index contributed by atoms with van der Waals surface area (Å²) in [6.45, 7) is 0. The summed E-state index contributed by atoms with van der Waals surface area (Å²) in [7, 11) is 0. The molecule has 12 heavy (non-hydrogen) atoms. The lowest BCUT2D eigenvalue weighted by atomic mass is 10.1. The van der Waals surface area contributed by atoms with Crippen molar-refractivity contribution in [3.05, 3.63) is 29.8 Å². The van der Waals surface area contributed by atoms with E-state index in [1.807, 2.05) is 24.3 Å². The van der Waals surface area contributed by atoms with E-state index in [4.69, 9.17) is 17.0 Å². The zero-order valence-electron chi connectivity index (χ0n) is 6.31. The van der Waals surface area contributed by atoms with Crippen LogP contribution in [0.4, 0.5) is 5.69 Å². The van der Waals surface area contributed by atoms with Crippen molar-refractivity contribution < 1.29 is 4.74 Å². The zero-order valence-corrected chi connectivity index (χ0v) is 7.12. The predicted molar refractivity (Wildman–Crippen MR) is 52.1 cm³/mol. The molecule has 2 rings (SSSR count). The molecule has 1 unspecified atom stereocenters. The van der Waals surface area contributed by atoms with Gasteiger partial charge in [0.2, 0.25) is 0 Å². The Bertz CT molecular complexity index is 335. The topological polar surface area (TPSA) is 21.6 Å². The van der Waals surface area contributed by atoms with Gasteiger partial charge in [-0.05, 0) is 6.07 Å². The highest BCUT2D eigenvalue weighted by Gasteiger charge is 2.15. The Hall–Kier alpha value is -1.22. The van der Waals surface area contributed by atoms with Crippen LogP contribution in [-0.4, -0.2) is 11.8 Å². The first kappa shape index (κ1) is 7.43. The maximum atomic E-state index is 5.20. The summed E-state index contributed by atoms with van der Waals surface area (Å²) in [4.78, 5) is 4.08. The van der Waals surface area contributed by atoms with Gasteiger partial charge in [0.1, 0.15) is 0 Å². The lowest BCUT2D eigenvalue weighted by Crippen LogP contribution is -2.07. The maximum Gasteiger partial charge on any atom is 0.175 e. The van der Waals surface area contributed by atoms with E-state index in [1.165, 1.54) is 6.40 Å². The first-order chi connectivity index (χ1) is 5.92. The second-order valence-corrected chi connectivity index (χ2v) is 2.76. The molecule has 0 bridgehead atoms. The lowest BCUT2D eigenvalue weighted by Gasteiger charge is -2.17. The van der Waals surface area contributed by atoms with Gasteiger partial charge in [-0.25, -0.2) is 4.99 Å². The molecular weight excluding hydrogens is 170 g/mol. The molecule has 0 amide bonds. The van der Waals surface area contributed by atoms with Crippen LogP contribution >= 0.6 is 12.2 Å². The van der Waals surface area contributed by atoms with Gasteiger partial charge in [0.05, 0.1) is 5.69 Å². The molecule has 1 heterocycles. The molecule has 1 aliphatic rings. The summed E-state index contributed by atoms with van der Waals surface area (Å²) in [6, 6.07) is 7.82. The van der Waals surface area contributed by atoms with Gasteiger partial charge in [-0.3, -0.25) is 0 Å². The first-order valence-electron chi connectivity index (χ1n) is 3.64. The van der Waals surface area contributed by atoms with E-state index in [0.717, 1.165) is 11.3 Å². The smallest absolute Gasteiger partial charge is 0.175 e. The Morgan fingerprint density at radius 1 is 1.42 bits per heavy atom. The van der Waals surface area contributed by atoms with E-state index < -0.39 is 0 Å². The van der Waals surface area contributed by atoms with E-state index in [1.54, 1.807) is 5.37 Å². The molecule has 0 N–H and O–H groups in total. The molecule has 2 nitrogen and oxygen atoms in total. The lowest BCUT2D eigenvalue weighted by molar-refractivity contribution is 0.276. The van der Waals surface area contributed by atoms with Crippen LogP contribution in [0.25, 0.3) is 0 Å². The minimum atomic E-state index is -0.117. The third-order valence-corrected chi connectivity index (χ3v) is 2.01. The molecule has 0 aliphatic carbocycles. The van der Waals surface area contributed by atoms with Crippen molar-refractivity contribution in [1.29, 1.82) is 0 Å². The third-order valence-electron chi connectivity index (χ3n) is 1.77. The second-order valence-electron chi connectivity index (χ2n) is 2.49. The minimum absolute atomic E-state index is 0.117. The van der Waals surface area contributed by atoms with E-state index >= 15 is 0 Å². The van der Waals surface area contributed by atoms with Crippen molar-refractivity contribution in [3.63, 3.8) is 0 Å². The number of aliphatic imine (C=N–C) groups is 1. The highest BCUT2D eigenvalue weighted by atomic mass is 32.1. The van der Waals surface area contributed by atoms with Crippen LogP contribution in [0, 0.1) is 0 Å². The summed E-state index contributed by atoms with van der Waals surface area (Å²) in [5.41, 5.74) is 1.98. The van der Waals surface area contributed by atoms with Crippen LogP contribution in [0.15, 0.2) is 29.3 Å². The monoisotopic (exact) mass is 177 g/mol. The molecule has 0 aromatic heterocycles. The van der Waals surface area contributed by atoms with Gasteiger partial charge in [-0.2, -0.15) is 0 Å². The molecule has 3 heteroatoms. The number of para-hydroxylation sites is 1. The third kappa shape index (κ3) is 1.12. The van der Waals surface area contributed by atoms with Crippen LogP contribution in [0.1, 0.15) is 11.7 Å². The molecule has 0 saturated carbocycles. The summed E-state index contributed by atoms with van der Waals surface area (Å²) < 4.78 is 5.20. The molecule has 1 aliphatic heterocycles. The maximum absolute atomic E-state index is 5.20. The standard InChI is InChI=1S/C9H7NOS/c12-5-9-7-3-1-2-4-8(7)10-6-11-9/h1-6,9H. The van der Waals surface area contributed by atoms with E-state index in [2.05, 4.69) is 4.99 Å². The Balaban J connectivity index is 2.52. The predicted octanol–water partition coefficient (Wildman–Crippen LogP) is 2.42. The Morgan fingerprint density at radius 2 is 2.25 bits per heavy atom. The molecule has 1 aromatic carbocycles. The van der Waals surface area contributed by atoms with Crippen molar-refractivity contribution in [3.8, 4) is 0 Å². The average molecular weight is 177 g/mol. The fraction of sp³-hybridized carbons (Fsp3) is 0.111. The summed E-state index contributed by atoms with van der Waals surface area (Å²) >= 11 is 4.84. The number of hydrogen-bond donors (Lipinski definition) is 0. The number of thiocarbonyl (C=S) groups is 1. The summed E-state index contributed by atoms with van der Waals surface area (Å²) in [5.74, 6) is 0. The Kier molecular flexibility index (Phi) is 1.87. The van der Waals surface area contributed by atoms with Crippen molar-refractivity contribution in [1.82, 2.24) is 0 Å². The molecular formula is C9H7NOS. The van der Waals surface area contributed by atoms with Crippen LogP contribution in [0.3, 0.4) is 0 Å². The fourth-order valence-corrected chi connectivity index (χ4v) is 1.39. The van der Waals surface area contributed by atoms with Gasteiger partial charge >= 0.3 is 0 Å². The number of hydrogen-bond acceptors (Lipinski definition) is 3. The normalized spacial score (nSPS) is 19.5. The summed E-state index contributed by atoms with van der Waals surface area (Å²) in [5, 5.41) is 1.60. The molecule has 1 aromatic rings. The molecule has 0 saturated heterocycles. The van der Waals surface area contributed by atoms with Gasteiger partial charge in [0, 0.05) is 10.9 Å². The van der Waals surface area contributed by atoms with Gasteiger partial charge in [0.25, 0.3) is 0 Å². The number of rotatable bonds is 1. The number of nitrogens with zero attached hydrogens (tertiary/aromatic N) is 1. The quantitative estimate of drug-likeness (QED) is 0.614. The molecule has 0 spiro atoms. The van der Waals surface area contributed by atoms with Crippen LogP contribution < -0.4 is 0 Å². The largest absolute Gasteiger partial charge is 0.470 e. The Labute approximate surface area is 75.9 Å².